The van der Waals surface area contributed by atoms with Gasteiger partial charge in [-0.25, -0.2) is 0 Å². The highest BCUT2D eigenvalue weighted by Gasteiger charge is 2.22. The minimum absolute atomic E-state index is 0.116. The topological polar surface area (TPSA) is 58.8 Å². The second kappa shape index (κ2) is 7.84. The Morgan fingerprint density at radius 1 is 1.17 bits per heavy atom. The van der Waals surface area contributed by atoms with E-state index in [4.69, 9.17) is 10.5 Å². The minimum atomic E-state index is -0.116. The minimum Gasteiger partial charge on any atom is -0.497 e. The Bertz CT molecular complexity index is 701. The Morgan fingerprint density at radius 2 is 1.88 bits per heavy atom. The van der Waals surface area contributed by atoms with Gasteiger partial charge in [0, 0.05) is 30.0 Å². The van der Waals surface area contributed by atoms with Gasteiger partial charge in [-0.05, 0) is 45.3 Å². The Kier molecular flexibility index (Phi) is 5.82. The molecule has 0 aromatic heterocycles. The highest BCUT2D eigenvalue weighted by atomic mass is 16.5. The molecule has 0 spiro atoms. The molecule has 5 nitrogen and oxygen atoms in total. The Labute approximate surface area is 143 Å². The third-order valence-electron chi connectivity index (χ3n) is 4.13. The number of methoxy groups -OCH3 is 1. The smallest absolute Gasteiger partial charge is 0.260 e. The summed E-state index contributed by atoms with van der Waals surface area (Å²) in [7, 11) is 5.61. The average molecular weight is 327 g/mol. The van der Waals surface area contributed by atoms with E-state index in [2.05, 4.69) is 11.8 Å². The van der Waals surface area contributed by atoms with Gasteiger partial charge in [0.05, 0.1) is 12.7 Å². The number of likely N-dealkylation sites (N-methyl/N-ethyl adjacent to an activating group) is 1. The zero-order valence-electron chi connectivity index (χ0n) is 14.7. The van der Waals surface area contributed by atoms with E-state index >= 15 is 0 Å². The lowest BCUT2D eigenvalue weighted by Crippen LogP contribution is -2.42. The molecule has 0 heterocycles. The molecule has 24 heavy (non-hydrogen) atoms. The first-order valence-electron chi connectivity index (χ1n) is 7.91. The second-order valence-corrected chi connectivity index (χ2v) is 6.02. The largest absolute Gasteiger partial charge is 0.497 e. The van der Waals surface area contributed by atoms with Crippen molar-refractivity contribution in [3.05, 3.63) is 54.1 Å². The van der Waals surface area contributed by atoms with E-state index in [0.29, 0.717) is 23.5 Å². The van der Waals surface area contributed by atoms with Crippen LogP contribution in [0.1, 0.15) is 17.3 Å². The standard InChI is InChI=1S/C19H25N3O2/c1-14(21(2)3)13-22(15-8-7-9-16(12-15)24-4)19(23)17-10-5-6-11-18(17)20/h5-12,14H,13,20H2,1-4H3. The molecular weight excluding hydrogens is 302 g/mol. The summed E-state index contributed by atoms with van der Waals surface area (Å²) in [6.07, 6.45) is 0. The molecule has 0 aliphatic heterocycles. The maximum atomic E-state index is 13.1. The van der Waals surface area contributed by atoms with Crippen LogP contribution < -0.4 is 15.4 Å². The molecule has 2 rings (SSSR count). The third kappa shape index (κ3) is 4.06. The number of hydrogen-bond donors (Lipinski definition) is 1. The molecular formula is C19H25N3O2. The van der Waals surface area contributed by atoms with Gasteiger partial charge in [-0.15, -0.1) is 0 Å². The predicted octanol–water partition coefficient (Wildman–Crippen LogP) is 2.87. The first-order chi connectivity index (χ1) is 11.4. The van der Waals surface area contributed by atoms with Crippen molar-refractivity contribution in [2.24, 2.45) is 0 Å². The van der Waals surface area contributed by atoms with Gasteiger partial charge in [-0.1, -0.05) is 18.2 Å². The van der Waals surface area contributed by atoms with Crippen LogP contribution in [-0.2, 0) is 0 Å². The SMILES string of the molecule is COc1cccc(N(CC(C)N(C)C)C(=O)c2ccccc2N)c1. The van der Waals surface area contributed by atoms with Crippen molar-refractivity contribution in [2.75, 3.05) is 38.4 Å². The lowest BCUT2D eigenvalue weighted by atomic mass is 10.1. The molecule has 2 N–H and O–H groups in total. The monoisotopic (exact) mass is 327 g/mol. The molecule has 0 fully saturated rings. The lowest BCUT2D eigenvalue weighted by molar-refractivity contribution is 0.0981. The number of nitrogen functional groups attached to an aromatic ring is 1. The number of anilines is 2. The van der Waals surface area contributed by atoms with Crippen LogP contribution in [0.3, 0.4) is 0 Å². The van der Waals surface area contributed by atoms with Crippen molar-refractivity contribution >= 4 is 17.3 Å². The summed E-state index contributed by atoms with van der Waals surface area (Å²) in [5, 5.41) is 0. The fraction of sp³-hybridized carbons (Fsp3) is 0.316. The fourth-order valence-electron chi connectivity index (χ4n) is 2.35. The summed E-state index contributed by atoms with van der Waals surface area (Å²) < 4.78 is 5.29. The molecule has 0 saturated carbocycles. The molecule has 1 unspecified atom stereocenters. The van der Waals surface area contributed by atoms with E-state index in [9.17, 15) is 4.79 Å². The van der Waals surface area contributed by atoms with Crippen LogP contribution in [-0.4, -0.2) is 44.6 Å². The molecule has 0 saturated heterocycles. The number of para-hydroxylation sites is 1. The normalized spacial score (nSPS) is 12.0. The summed E-state index contributed by atoms with van der Waals surface area (Å²) in [4.78, 5) is 16.9. The van der Waals surface area contributed by atoms with E-state index in [-0.39, 0.29) is 11.9 Å². The van der Waals surface area contributed by atoms with Crippen molar-refractivity contribution < 1.29 is 9.53 Å². The van der Waals surface area contributed by atoms with Gasteiger partial charge >= 0.3 is 0 Å². The molecule has 2 aromatic carbocycles. The number of amides is 1. The van der Waals surface area contributed by atoms with Crippen molar-refractivity contribution in [1.29, 1.82) is 0 Å². The molecule has 5 heteroatoms. The van der Waals surface area contributed by atoms with E-state index in [1.54, 1.807) is 24.1 Å². The molecule has 1 amide bonds. The van der Waals surface area contributed by atoms with Gasteiger partial charge in [0.15, 0.2) is 0 Å². The molecule has 0 aliphatic carbocycles. The zero-order chi connectivity index (χ0) is 17.7. The highest BCUT2D eigenvalue weighted by molar-refractivity contribution is 6.09. The molecule has 2 aromatic rings. The molecule has 0 radical (unpaired) electrons. The quantitative estimate of drug-likeness (QED) is 0.829. The average Bonchev–Trinajstić information content (AvgIpc) is 2.59. The third-order valence-corrected chi connectivity index (χ3v) is 4.13. The van der Waals surface area contributed by atoms with Crippen LogP contribution in [0.2, 0.25) is 0 Å². The molecule has 0 bridgehead atoms. The fourth-order valence-corrected chi connectivity index (χ4v) is 2.35. The Balaban J connectivity index is 2.42. The summed E-state index contributed by atoms with van der Waals surface area (Å²) in [6, 6.07) is 14.8. The molecule has 128 valence electrons. The Morgan fingerprint density at radius 3 is 2.50 bits per heavy atom. The number of benzene rings is 2. The first kappa shape index (κ1) is 17.8. The van der Waals surface area contributed by atoms with Crippen LogP contribution in [0, 0.1) is 0 Å². The van der Waals surface area contributed by atoms with Gasteiger partial charge < -0.3 is 20.3 Å². The first-order valence-corrected chi connectivity index (χ1v) is 7.91. The maximum Gasteiger partial charge on any atom is 0.260 e. The van der Waals surface area contributed by atoms with Gasteiger partial charge in [-0.2, -0.15) is 0 Å². The van der Waals surface area contributed by atoms with Gasteiger partial charge in [0.1, 0.15) is 5.75 Å². The summed E-state index contributed by atoms with van der Waals surface area (Å²) in [5.74, 6) is 0.596. The second-order valence-electron chi connectivity index (χ2n) is 6.02. The number of carbonyl (C=O) groups excluding carboxylic acids is 1. The van der Waals surface area contributed by atoms with Gasteiger partial charge in [-0.3, -0.25) is 4.79 Å². The van der Waals surface area contributed by atoms with Gasteiger partial charge in [0.2, 0.25) is 0 Å². The molecule has 0 aliphatic rings. The number of ether oxygens (including phenoxy) is 1. The van der Waals surface area contributed by atoms with E-state index in [0.717, 1.165) is 5.69 Å². The number of nitrogens with zero attached hydrogens (tertiary/aromatic N) is 2. The van der Waals surface area contributed by atoms with Crippen LogP contribution >= 0.6 is 0 Å². The summed E-state index contributed by atoms with van der Waals surface area (Å²) in [5.41, 5.74) is 7.78. The number of rotatable bonds is 6. The zero-order valence-corrected chi connectivity index (χ0v) is 14.7. The Hall–Kier alpha value is -2.53. The number of carbonyl (C=O) groups is 1. The van der Waals surface area contributed by atoms with Gasteiger partial charge in [0.25, 0.3) is 5.91 Å². The van der Waals surface area contributed by atoms with Crippen LogP contribution in [0.4, 0.5) is 11.4 Å². The van der Waals surface area contributed by atoms with Crippen molar-refractivity contribution in [2.45, 2.75) is 13.0 Å². The molecule has 1 atom stereocenters. The summed E-state index contributed by atoms with van der Waals surface area (Å²) >= 11 is 0. The van der Waals surface area contributed by atoms with Crippen LogP contribution in [0.15, 0.2) is 48.5 Å². The lowest BCUT2D eigenvalue weighted by Gasteiger charge is -2.30. The van der Waals surface area contributed by atoms with Crippen molar-refractivity contribution in [1.82, 2.24) is 4.90 Å². The van der Waals surface area contributed by atoms with Crippen LogP contribution in [0.5, 0.6) is 5.75 Å². The van der Waals surface area contributed by atoms with Crippen molar-refractivity contribution in [3.8, 4) is 5.75 Å². The number of hydrogen-bond acceptors (Lipinski definition) is 4. The van der Waals surface area contributed by atoms with E-state index in [1.807, 2.05) is 50.5 Å². The maximum absolute atomic E-state index is 13.1. The summed E-state index contributed by atoms with van der Waals surface area (Å²) in [6.45, 7) is 2.63. The predicted molar refractivity (Wildman–Crippen MR) is 98.7 cm³/mol. The van der Waals surface area contributed by atoms with Crippen molar-refractivity contribution in [3.63, 3.8) is 0 Å². The van der Waals surface area contributed by atoms with Crippen LogP contribution in [0.25, 0.3) is 0 Å². The number of nitrogens with two attached hydrogens (primary N) is 1. The highest BCUT2D eigenvalue weighted by Crippen LogP contribution is 2.25. The van der Waals surface area contributed by atoms with E-state index < -0.39 is 0 Å². The van der Waals surface area contributed by atoms with E-state index in [1.165, 1.54) is 0 Å².